The number of hydrogen-bond donors (Lipinski definition) is 3. The molecule has 2 amide bonds. The van der Waals surface area contributed by atoms with Crippen molar-refractivity contribution in [3.05, 3.63) is 60.1 Å². The molecule has 0 bridgehead atoms. The fourth-order valence-corrected chi connectivity index (χ4v) is 2.53. The summed E-state index contributed by atoms with van der Waals surface area (Å²) in [5, 5.41) is 14.9. The second kappa shape index (κ2) is 8.87. The van der Waals surface area contributed by atoms with Crippen molar-refractivity contribution in [3.63, 3.8) is 0 Å². The van der Waals surface area contributed by atoms with Gasteiger partial charge in [0.05, 0.1) is 19.2 Å². The quantitative estimate of drug-likeness (QED) is 0.523. The topological polar surface area (TPSA) is 118 Å². The number of amides is 2. The highest BCUT2D eigenvalue weighted by molar-refractivity contribution is 5.95. The third-order valence-corrected chi connectivity index (χ3v) is 3.91. The van der Waals surface area contributed by atoms with E-state index in [9.17, 15) is 23.9 Å². The normalized spacial score (nSPS) is 10.5. The van der Waals surface area contributed by atoms with Gasteiger partial charge in [0, 0.05) is 22.7 Å². The lowest BCUT2D eigenvalue weighted by Crippen LogP contribution is -2.35. The van der Waals surface area contributed by atoms with Crippen molar-refractivity contribution >= 4 is 34.4 Å². The van der Waals surface area contributed by atoms with Gasteiger partial charge in [0.2, 0.25) is 5.91 Å². The van der Waals surface area contributed by atoms with Gasteiger partial charge in [0.25, 0.3) is 5.91 Å². The van der Waals surface area contributed by atoms with Crippen LogP contribution in [0.25, 0.3) is 11.0 Å². The first-order valence-corrected chi connectivity index (χ1v) is 8.57. The lowest BCUT2D eigenvalue weighted by atomic mass is 10.1. The Hall–Kier alpha value is -3.88. The number of carbonyl (C=O) groups excluding carboxylic acids is 3. The summed E-state index contributed by atoms with van der Waals surface area (Å²) in [7, 11) is 0. The summed E-state index contributed by atoms with van der Waals surface area (Å²) in [5.41, 5.74) is 1.37. The van der Waals surface area contributed by atoms with Crippen molar-refractivity contribution in [2.45, 2.75) is 6.42 Å². The molecule has 0 fully saturated rings. The van der Waals surface area contributed by atoms with Crippen LogP contribution in [0.1, 0.15) is 5.56 Å². The van der Waals surface area contributed by atoms with Gasteiger partial charge in [-0.25, -0.2) is 4.39 Å². The minimum absolute atomic E-state index is 0.0427. The van der Waals surface area contributed by atoms with Crippen molar-refractivity contribution in [1.82, 2.24) is 5.32 Å². The van der Waals surface area contributed by atoms with Crippen molar-refractivity contribution < 1.29 is 33.0 Å². The van der Waals surface area contributed by atoms with Crippen molar-refractivity contribution in [3.8, 4) is 5.75 Å². The van der Waals surface area contributed by atoms with E-state index >= 15 is 0 Å². The fraction of sp³-hybridized carbons (Fsp3) is 0.150. The van der Waals surface area contributed by atoms with E-state index in [1.807, 2.05) is 0 Å². The average molecular weight is 400 g/mol. The molecule has 29 heavy (non-hydrogen) atoms. The number of halogens is 1. The van der Waals surface area contributed by atoms with Gasteiger partial charge in [-0.3, -0.25) is 14.4 Å². The van der Waals surface area contributed by atoms with Crippen LogP contribution >= 0.6 is 0 Å². The lowest BCUT2D eigenvalue weighted by Gasteiger charge is -2.07. The Morgan fingerprint density at radius 1 is 1.07 bits per heavy atom. The molecule has 0 saturated heterocycles. The molecule has 0 atom stereocenters. The number of carbonyl (C=O) groups is 3. The maximum Gasteiger partial charge on any atom is 0.310 e. The third kappa shape index (κ3) is 5.55. The van der Waals surface area contributed by atoms with Crippen LogP contribution in [-0.4, -0.2) is 36.0 Å². The number of hydrogen-bond acceptors (Lipinski definition) is 6. The maximum absolute atomic E-state index is 12.8. The Labute approximate surface area is 164 Å². The Bertz CT molecular complexity index is 1040. The standard InChI is InChI=1S/C20H17FN2O6/c21-13-1-3-14(4-2-13)23-18(25)9-22-19(26)11-29-20(27)7-12-10-28-17-8-15(24)5-6-16(12)17/h1-6,8,10,24H,7,9,11H2,(H,22,26)(H,23,25). The smallest absolute Gasteiger partial charge is 0.310 e. The van der Waals surface area contributed by atoms with E-state index in [1.54, 1.807) is 6.07 Å². The lowest BCUT2D eigenvalue weighted by molar-refractivity contribution is -0.147. The van der Waals surface area contributed by atoms with Crippen LogP contribution < -0.4 is 10.6 Å². The van der Waals surface area contributed by atoms with Crippen LogP contribution in [0.3, 0.4) is 0 Å². The van der Waals surface area contributed by atoms with Crippen LogP contribution in [0.2, 0.25) is 0 Å². The molecular formula is C20H17FN2O6. The molecular weight excluding hydrogens is 383 g/mol. The van der Waals surface area contributed by atoms with Crippen LogP contribution in [0.15, 0.2) is 53.1 Å². The zero-order valence-corrected chi connectivity index (χ0v) is 15.1. The van der Waals surface area contributed by atoms with Gasteiger partial charge in [-0.1, -0.05) is 0 Å². The molecule has 3 N–H and O–H groups in total. The van der Waals surface area contributed by atoms with Crippen molar-refractivity contribution in [2.75, 3.05) is 18.5 Å². The number of benzene rings is 2. The molecule has 2 aromatic carbocycles. The van der Waals surface area contributed by atoms with E-state index < -0.39 is 30.2 Å². The van der Waals surface area contributed by atoms with Gasteiger partial charge in [0.15, 0.2) is 6.61 Å². The fourth-order valence-electron chi connectivity index (χ4n) is 2.53. The molecule has 9 heteroatoms. The highest BCUT2D eigenvalue weighted by atomic mass is 19.1. The van der Waals surface area contributed by atoms with Crippen molar-refractivity contribution in [2.24, 2.45) is 0 Å². The summed E-state index contributed by atoms with van der Waals surface area (Å²) in [4.78, 5) is 35.4. The monoisotopic (exact) mass is 400 g/mol. The minimum atomic E-state index is -0.647. The van der Waals surface area contributed by atoms with Gasteiger partial charge in [-0.15, -0.1) is 0 Å². The predicted octanol–water partition coefficient (Wildman–Crippen LogP) is 2.12. The van der Waals surface area contributed by atoms with Crippen LogP contribution in [-0.2, 0) is 25.5 Å². The molecule has 8 nitrogen and oxygen atoms in total. The van der Waals surface area contributed by atoms with Gasteiger partial charge < -0.3 is 24.9 Å². The summed E-state index contributed by atoms with van der Waals surface area (Å²) < 4.78 is 23.0. The summed E-state index contributed by atoms with van der Waals surface area (Å²) in [6.45, 7) is -0.872. The largest absolute Gasteiger partial charge is 0.508 e. The molecule has 1 heterocycles. The Kier molecular flexibility index (Phi) is 6.08. The van der Waals surface area contributed by atoms with E-state index in [2.05, 4.69) is 10.6 Å². The average Bonchev–Trinajstić information content (AvgIpc) is 3.08. The zero-order chi connectivity index (χ0) is 20.8. The summed E-state index contributed by atoms with van der Waals surface area (Å²) in [5.74, 6) is -2.19. The second-order valence-corrected chi connectivity index (χ2v) is 6.11. The van der Waals surface area contributed by atoms with Gasteiger partial charge in [-0.05, 0) is 36.4 Å². The molecule has 0 radical (unpaired) electrons. The minimum Gasteiger partial charge on any atom is -0.508 e. The number of aromatic hydroxyl groups is 1. The molecule has 150 valence electrons. The molecule has 0 saturated carbocycles. The molecule has 0 spiro atoms. The molecule has 0 aliphatic heterocycles. The van der Waals surface area contributed by atoms with E-state index in [-0.39, 0.29) is 18.7 Å². The van der Waals surface area contributed by atoms with Crippen molar-refractivity contribution in [1.29, 1.82) is 0 Å². The Balaban J connectivity index is 1.41. The van der Waals surface area contributed by atoms with Crippen LogP contribution in [0, 0.1) is 5.82 Å². The SMILES string of the molecule is O=C(COC(=O)Cc1coc2cc(O)ccc12)NCC(=O)Nc1ccc(F)cc1. The van der Waals surface area contributed by atoms with Gasteiger partial charge in [0.1, 0.15) is 17.1 Å². The number of rotatable bonds is 7. The van der Waals surface area contributed by atoms with E-state index in [1.165, 1.54) is 42.7 Å². The number of fused-ring (bicyclic) bond motifs is 1. The first kappa shape index (κ1) is 19.9. The number of phenolic OH excluding ortho intramolecular Hbond substituents is 1. The zero-order valence-electron chi connectivity index (χ0n) is 15.1. The van der Waals surface area contributed by atoms with Crippen LogP contribution in [0.4, 0.5) is 10.1 Å². The van der Waals surface area contributed by atoms with Gasteiger partial charge in [-0.2, -0.15) is 0 Å². The predicted molar refractivity (Wildman–Crippen MR) is 101 cm³/mol. The number of nitrogens with one attached hydrogen (secondary N) is 2. The molecule has 0 unspecified atom stereocenters. The highest BCUT2D eigenvalue weighted by Crippen LogP contribution is 2.25. The van der Waals surface area contributed by atoms with E-state index in [0.717, 1.165) is 0 Å². The number of anilines is 1. The summed E-state index contributed by atoms with van der Waals surface area (Å²) in [6.07, 6.45) is 1.27. The Morgan fingerprint density at radius 3 is 2.59 bits per heavy atom. The molecule has 0 aliphatic rings. The first-order chi connectivity index (χ1) is 13.9. The third-order valence-electron chi connectivity index (χ3n) is 3.91. The number of esters is 1. The molecule has 0 aliphatic carbocycles. The van der Waals surface area contributed by atoms with Crippen LogP contribution in [0.5, 0.6) is 5.75 Å². The summed E-state index contributed by atoms with van der Waals surface area (Å²) >= 11 is 0. The summed E-state index contributed by atoms with van der Waals surface area (Å²) in [6, 6.07) is 9.67. The maximum atomic E-state index is 12.8. The second-order valence-electron chi connectivity index (χ2n) is 6.11. The number of phenols is 1. The first-order valence-electron chi connectivity index (χ1n) is 8.57. The molecule has 1 aromatic heterocycles. The molecule has 3 aromatic rings. The highest BCUT2D eigenvalue weighted by Gasteiger charge is 2.14. The Morgan fingerprint density at radius 2 is 1.83 bits per heavy atom. The van der Waals surface area contributed by atoms with E-state index in [4.69, 9.17) is 9.15 Å². The number of ether oxygens (including phenoxy) is 1. The van der Waals surface area contributed by atoms with E-state index in [0.29, 0.717) is 22.2 Å². The van der Waals surface area contributed by atoms with Gasteiger partial charge >= 0.3 is 5.97 Å². The molecule has 3 rings (SSSR count). The number of furan rings is 1.